The van der Waals surface area contributed by atoms with Gasteiger partial charge in [-0.05, 0) is 18.9 Å². The van der Waals surface area contributed by atoms with Crippen LogP contribution in [0, 0.1) is 0 Å². The fourth-order valence-electron chi connectivity index (χ4n) is 2.56. The van der Waals surface area contributed by atoms with Crippen LogP contribution in [0.5, 0.6) is 5.75 Å². The van der Waals surface area contributed by atoms with Crippen molar-refractivity contribution in [2.45, 2.75) is 25.3 Å². The van der Waals surface area contributed by atoms with Crippen LogP contribution in [-0.4, -0.2) is 29.7 Å². The molecule has 2 unspecified atom stereocenters. The Balaban J connectivity index is 1.73. The summed E-state index contributed by atoms with van der Waals surface area (Å²) in [5.74, 6) is 2.72. The van der Waals surface area contributed by atoms with Crippen molar-refractivity contribution in [3.8, 4) is 5.75 Å². The molecule has 5 heteroatoms. The second-order valence-corrected chi connectivity index (χ2v) is 5.14. The normalized spacial score (nSPS) is 19.9. The van der Waals surface area contributed by atoms with Gasteiger partial charge in [0.05, 0.1) is 7.11 Å². The molecule has 2 atom stereocenters. The molecule has 0 aliphatic heterocycles. The number of benzene rings is 1. The first-order chi connectivity index (χ1) is 10.3. The number of nitrogens with zero attached hydrogens (tertiary/aromatic N) is 2. The lowest BCUT2D eigenvalue weighted by molar-refractivity contribution is 0.414. The van der Waals surface area contributed by atoms with Crippen molar-refractivity contribution in [1.82, 2.24) is 9.97 Å². The molecule has 0 spiro atoms. The molecule has 1 aromatic carbocycles. The Bertz CT molecular complexity index is 602. The Labute approximate surface area is 124 Å². The Hall–Kier alpha value is -2.30. The average Bonchev–Trinajstić information content (AvgIpc) is 3.28. The maximum absolute atomic E-state index is 5.45. The fourth-order valence-corrected chi connectivity index (χ4v) is 2.56. The van der Waals surface area contributed by atoms with Gasteiger partial charge in [-0.3, -0.25) is 0 Å². The first kappa shape index (κ1) is 13.7. The van der Waals surface area contributed by atoms with Crippen LogP contribution >= 0.6 is 0 Å². The zero-order chi connectivity index (χ0) is 14.7. The molecule has 1 aliphatic rings. The van der Waals surface area contributed by atoms with Crippen molar-refractivity contribution in [2.75, 3.05) is 24.3 Å². The van der Waals surface area contributed by atoms with Crippen LogP contribution in [0.1, 0.15) is 24.8 Å². The summed E-state index contributed by atoms with van der Waals surface area (Å²) in [6.45, 7) is 2.82. The van der Waals surface area contributed by atoms with Crippen LogP contribution in [-0.2, 0) is 0 Å². The molecule has 1 aliphatic carbocycles. The van der Waals surface area contributed by atoms with Gasteiger partial charge in [-0.25, -0.2) is 9.97 Å². The Kier molecular flexibility index (Phi) is 3.90. The predicted molar refractivity (Wildman–Crippen MR) is 84.0 cm³/mol. The second-order valence-electron chi connectivity index (χ2n) is 5.14. The van der Waals surface area contributed by atoms with E-state index < -0.39 is 0 Å². The second kappa shape index (κ2) is 5.99. The topological polar surface area (TPSA) is 59.1 Å². The monoisotopic (exact) mass is 284 g/mol. The molecule has 0 bridgehead atoms. The van der Waals surface area contributed by atoms with Gasteiger partial charge >= 0.3 is 0 Å². The van der Waals surface area contributed by atoms with E-state index in [0.717, 1.165) is 24.6 Å². The van der Waals surface area contributed by atoms with Crippen LogP contribution in [0.3, 0.4) is 0 Å². The van der Waals surface area contributed by atoms with E-state index in [1.165, 1.54) is 5.56 Å². The lowest BCUT2D eigenvalue weighted by Crippen LogP contribution is -2.10. The van der Waals surface area contributed by atoms with Gasteiger partial charge in [-0.2, -0.15) is 0 Å². The summed E-state index contributed by atoms with van der Waals surface area (Å²) >= 11 is 0. The molecule has 0 amide bonds. The molecular weight excluding hydrogens is 264 g/mol. The lowest BCUT2D eigenvalue weighted by Gasteiger charge is -2.13. The summed E-state index contributed by atoms with van der Waals surface area (Å²) in [5, 5.41) is 6.65. The summed E-state index contributed by atoms with van der Waals surface area (Å²) in [7, 11) is 1.65. The third-order valence-electron chi connectivity index (χ3n) is 3.69. The number of rotatable bonds is 6. The van der Waals surface area contributed by atoms with Crippen molar-refractivity contribution >= 4 is 11.6 Å². The smallest absolute Gasteiger partial charge is 0.204 e. The van der Waals surface area contributed by atoms with Crippen molar-refractivity contribution in [1.29, 1.82) is 0 Å². The Morgan fingerprint density at radius 1 is 1.19 bits per heavy atom. The number of hydrogen-bond acceptors (Lipinski definition) is 5. The standard InChI is InChI=1S/C16H20N4O/c1-3-17-15-14(21-2)16(19-10-18-15)20-13-9-12(13)11-7-5-4-6-8-11/h4-8,10,12-13H,3,9H2,1-2H3,(H2,17,18,19,20). The van der Waals surface area contributed by atoms with E-state index in [4.69, 9.17) is 4.74 Å². The molecule has 110 valence electrons. The maximum Gasteiger partial charge on any atom is 0.204 e. The van der Waals surface area contributed by atoms with Gasteiger partial charge in [0, 0.05) is 18.5 Å². The zero-order valence-corrected chi connectivity index (χ0v) is 12.3. The van der Waals surface area contributed by atoms with Crippen LogP contribution in [0.2, 0.25) is 0 Å². The lowest BCUT2D eigenvalue weighted by atomic mass is 10.1. The van der Waals surface area contributed by atoms with Gasteiger partial charge in [0.2, 0.25) is 5.75 Å². The highest BCUT2D eigenvalue weighted by atomic mass is 16.5. The number of ether oxygens (including phenoxy) is 1. The molecule has 21 heavy (non-hydrogen) atoms. The van der Waals surface area contributed by atoms with E-state index in [0.29, 0.717) is 17.7 Å². The largest absolute Gasteiger partial charge is 0.490 e. The third-order valence-corrected chi connectivity index (χ3v) is 3.69. The summed E-state index contributed by atoms with van der Waals surface area (Å²) in [6, 6.07) is 11.0. The van der Waals surface area contributed by atoms with Crippen molar-refractivity contribution in [2.24, 2.45) is 0 Å². The fraction of sp³-hybridized carbons (Fsp3) is 0.375. The molecule has 0 saturated heterocycles. The van der Waals surface area contributed by atoms with Gasteiger partial charge in [0.25, 0.3) is 0 Å². The third kappa shape index (κ3) is 2.91. The van der Waals surface area contributed by atoms with Gasteiger partial charge in [-0.15, -0.1) is 0 Å². The molecule has 3 rings (SSSR count). The van der Waals surface area contributed by atoms with Gasteiger partial charge in [-0.1, -0.05) is 30.3 Å². The van der Waals surface area contributed by atoms with E-state index in [1.807, 2.05) is 13.0 Å². The number of methoxy groups -OCH3 is 1. The quantitative estimate of drug-likeness (QED) is 0.854. The predicted octanol–water partition coefficient (Wildman–Crippen LogP) is 2.89. The molecule has 1 saturated carbocycles. The van der Waals surface area contributed by atoms with Gasteiger partial charge < -0.3 is 15.4 Å². The van der Waals surface area contributed by atoms with E-state index in [1.54, 1.807) is 13.4 Å². The number of aromatic nitrogens is 2. The van der Waals surface area contributed by atoms with E-state index >= 15 is 0 Å². The molecule has 5 nitrogen and oxygen atoms in total. The summed E-state index contributed by atoms with van der Waals surface area (Å²) in [5.41, 5.74) is 1.37. The molecular formula is C16H20N4O. The number of hydrogen-bond donors (Lipinski definition) is 2. The van der Waals surface area contributed by atoms with Crippen LogP contribution in [0.15, 0.2) is 36.7 Å². The van der Waals surface area contributed by atoms with Crippen molar-refractivity contribution in [3.05, 3.63) is 42.2 Å². The van der Waals surface area contributed by atoms with Crippen LogP contribution in [0.4, 0.5) is 11.6 Å². The van der Waals surface area contributed by atoms with Crippen LogP contribution < -0.4 is 15.4 Å². The van der Waals surface area contributed by atoms with Crippen LogP contribution in [0.25, 0.3) is 0 Å². The maximum atomic E-state index is 5.45. The minimum Gasteiger partial charge on any atom is -0.490 e. The van der Waals surface area contributed by atoms with Gasteiger partial charge in [0.15, 0.2) is 11.6 Å². The number of anilines is 2. The minimum absolute atomic E-state index is 0.408. The molecule has 1 heterocycles. The highest BCUT2D eigenvalue weighted by Gasteiger charge is 2.39. The SMILES string of the molecule is CCNc1ncnc(NC2CC2c2ccccc2)c1OC. The molecule has 2 aromatic rings. The summed E-state index contributed by atoms with van der Waals surface area (Å²) in [6.07, 6.45) is 2.68. The van der Waals surface area contributed by atoms with E-state index in [2.05, 4.69) is 44.9 Å². The zero-order valence-electron chi connectivity index (χ0n) is 12.3. The molecule has 0 radical (unpaired) electrons. The average molecular weight is 284 g/mol. The Morgan fingerprint density at radius 3 is 2.67 bits per heavy atom. The Morgan fingerprint density at radius 2 is 1.95 bits per heavy atom. The van der Waals surface area contributed by atoms with E-state index in [-0.39, 0.29) is 0 Å². The number of nitrogens with one attached hydrogen (secondary N) is 2. The first-order valence-electron chi connectivity index (χ1n) is 7.27. The molecule has 2 N–H and O–H groups in total. The van der Waals surface area contributed by atoms with Gasteiger partial charge in [0.1, 0.15) is 6.33 Å². The highest BCUT2D eigenvalue weighted by Crippen LogP contribution is 2.44. The summed E-state index contributed by atoms with van der Waals surface area (Å²) < 4.78 is 5.45. The first-order valence-corrected chi connectivity index (χ1v) is 7.27. The summed E-state index contributed by atoms with van der Waals surface area (Å²) in [4.78, 5) is 8.53. The van der Waals surface area contributed by atoms with E-state index in [9.17, 15) is 0 Å². The molecule has 1 fully saturated rings. The van der Waals surface area contributed by atoms with Crippen molar-refractivity contribution in [3.63, 3.8) is 0 Å². The minimum atomic E-state index is 0.408. The highest BCUT2D eigenvalue weighted by molar-refractivity contribution is 5.64. The molecule has 1 aromatic heterocycles. The van der Waals surface area contributed by atoms with Crippen molar-refractivity contribution < 1.29 is 4.74 Å².